The maximum Gasteiger partial charge on any atom is 0.251 e. The summed E-state index contributed by atoms with van der Waals surface area (Å²) in [7, 11) is 2.06. The van der Waals surface area contributed by atoms with Gasteiger partial charge in [-0.3, -0.25) is 4.79 Å². The van der Waals surface area contributed by atoms with Gasteiger partial charge in [0, 0.05) is 63.1 Å². The third kappa shape index (κ3) is 6.15. The van der Waals surface area contributed by atoms with Crippen molar-refractivity contribution in [2.24, 2.45) is 18.7 Å². The van der Waals surface area contributed by atoms with E-state index in [0.29, 0.717) is 35.7 Å². The van der Waals surface area contributed by atoms with Gasteiger partial charge in [0.2, 0.25) is 5.95 Å². The molecule has 1 aliphatic rings. The molecule has 0 unspecified atom stereocenters. The summed E-state index contributed by atoms with van der Waals surface area (Å²) in [5.41, 5.74) is 8.77. The van der Waals surface area contributed by atoms with Crippen molar-refractivity contribution >= 4 is 51.8 Å². The number of imidazole rings is 1. The van der Waals surface area contributed by atoms with E-state index >= 15 is 0 Å². The molecule has 1 aliphatic heterocycles. The van der Waals surface area contributed by atoms with E-state index in [1.165, 1.54) is 12.4 Å². The van der Waals surface area contributed by atoms with Crippen molar-refractivity contribution in [1.82, 2.24) is 24.8 Å². The average Bonchev–Trinajstić information content (AvgIpc) is 3.19. The van der Waals surface area contributed by atoms with Gasteiger partial charge in [-0.1, -0.05) is 0 Å². The van der Waals surface area contributed by atoms with Gasteiger partial charge < -0.3 is 25.4 Å². The highest BCUT2D eigenvalue weighted by molar-refractivity contribution is 6.18. The van der Waals surface area contributed by atoms with Gasteiger partial charge in [0.25, 0.3) is 5.91 Å². The maximum absolute atomic E-state index is 11.2. The molecule has 1 saturated heterocycles. The minimum Gasteiger partial charge on any atom is -0.369 e. The van der Waals surface area contributed by atoms with Gasteiger partial charge in [0.15, 0.2) is 0 Å². The Bertz CT molecular complexity index is 1120. The van der Waals surface area contributed by atoms with Crippen LogP contribution in [0.3, 0.4) is 0 Å². The lowest BCUT2D eigenvalue weighted by Crippen LogP contribution is -2.38. The summed E-state index contributed by atoms with van der Waals surface area (Å²) >= 11 is 11.9. The second-order valence-electron chi connectivity index (χ2n) is 8.82. The van der Waals surface area contributed by atoms with E-state index in [9.17, 15) is 4.79 Å². The number of amides is 1. The Morgan fingerprint density at radius 3 is 2.49 bits per heavy atom. The number of rotatable bonds is 11. The van der Waals surface area contributed by atoms with Crippen molar-refractivity contribution in [3.8, 4) is 0 Å². The standard InChI is InChI=1S/C24H32Cl2N8O/c1-32-21-3-2-19(33(10-6-25)11-7-26)12-20(21)31-22(32)16-28-13-17-4-8-34(9-5-17)24-29-14-18(15-30-24)23(27)35/h2-3,12,14-15,17,28H,4-11,13,16H2,1H3,(H2,27,35). The third-order valence-corrected chi connectivity index (χ3v) is 6.91. The van der Waals surface area contributed by atoms with Crippen LogP contribution >= 0.6 is 23.2 Å². The molecule has 9 nitrogen and oxygen atoms in total. The Balaban J connectivity index is 1.29. The van der Waals surface area contributed by atoms with Crippen LogP contribution in [0, 0.1) is 5.92 Å². The van der Waals surface area contributed by atoms with Gasteiger partial charge in [0.1, 0.15) is 5.82 Å². The molecule has 188 valence electrons. The lowest BCUT2D eigenvalue weighted by molar-refractivity contribution is 0.0999. The molecule has 35 heavy (non-hydrogen) atoms. The Morgan fingerprint density at radius 1 is 1.17 bits per heavy atom. The lowest BCUT2D eigenvalue weighted by atomic mass is 9.97. The second kappa shape index (κ2) is 11.9. The third-order valence-electron chi connectivity index (χ3n) is 6.57. The molecule has 0 saturated carbocycles. The molecule has 2 aromatic heterocycles. The van der Waals surface area contributed by atoms with Crippen LogP contribution in [-0.2, 0) is 13.6 Å². The number of nitrogens with two attached hydrogens (primary N) is 1. The smallest absolute Gasteiger partial charge is 0.251 e. The van der Waals surface area contributed by atoms with Crippen LogP contribution in [-0.4, -0.2) is 69.9 Å². The van der Waals surface area contributed by atoms with E-state index in [4.69, 9.17) is 33.9 Å². The highest BCUT2D eigenvalue weighted by Gasteiger charge is 2.21. The molecule has 3 heterocycles. The molecule has 0 spiro atoms. The number of hydrogen-bond acceptors (Lipinski definition) is 7. The Kier molecular flexibility index (Phi) is 8.64. The first-order valence-electron chi connectivity index (χ1n) is 11.9. The first-order chi connectivity index (χ1) is 17.0. The van der Waals surface area contributed by atoms with Crippen LogP contribution in [0.1, 0.15) is 29.0 Å². The number of alkyl halides is 2. The van der Waals surface area contributed by atoms with Gasteiger partial charge in [-0.05, 0) is 43.5 Å². The van der Waals surface area contributed by atoms with E-state index < -0.39 is 5.91 Å². The van der Waals surface area contributed by atoms with Crippen LogP contribution in [0.2, 0.25) is 0 Å². The van der Waals surface area contributed by atoms with Crippen molar-refractivity contribution in [3.63, 3.8) is 0 Å². The monoisotopic (exact) mass is 518 g/mol. The molecule has 11 heteroatoms. The zero-order chi connectivity index (χ0) is 24.8. The van der Waals surface area contributed by atoms with Crippen molar-refractivity contribution in [3.05, 3.63) is 42.0 Å². The van der Waals surface area contributed by atoms with Crippen LogP contribution in [0.4, 0.5) is 11.6 Å². The first-order valence-corrected chi connectivity index (χ1v) is 13.0. The predicted octanol–water partition coefficient (Wildman–Crippen LogP) is 2.75. The van der Waals surface area contributed by atoms with E-state index in [-0.39, 0.29) is 0 Å². The summed E-state index contributed by atoms with van der Waals surface area (Å²) in [5.74, 6) is 2.84. The number of nitrogens with one attached hydrogen (secondary N) is 1. The number of halogens is 2. The highest BCUT2D eigenvalue weighted by atomic mass is 35.5. The molecular formula is C24H32Cl2N8O. The molecule has 4 rings (SSSR count). The molecule has 0 radical (unpaired) electrons. The topological polar surface area (TPSA) is 105 Å². The Hall–Kier alpha value is -2.62. The summed E-state index contributed by atoms with van der Waals surface area (Å²) in [6.45, 7) is 4.93. The number of hydrogen-bond donors (Lipinski definition) is 2. The average molecular weight is 519 g/mol. The quantitative estimate of drug-likeness (QED) is 0.376. The fraction of sp³-hybridized carbons (Fsp3) is 0.500. The van der Waals surface area contributed by atoms with Crippen LogP contribution < -0.4 is 20.9 Å². The van der Waals surface area contributed by atoms with E-state index in [0.717, 1.165) is 68.1 Å². The predicted molar refractivity (Wildman–Crippen MR) is 142 cm³/mol. The zero-order valence-corrected chi connectivity index (χ0v) is 21.5. The number of nitrogens with zero attached hydrogens (tertiary/aromatic N) is 6. The molecule has 0 bridgehead atoms. The largest absolute Gasteiger partial charge is 0.369 e. The van der Waals surface area contributed by atoms with Gasteiger partial charge in [-0.2, -0.15) is 0 Å². The van der Waals surface area contributed by atoms with Gasteiger partial charge >= 0.3 is 0 Å². The van der Waals surface area contributed by atoms with E-state index in [2.05, 4.69) is 54.9 Å². The van der Waals surface area contributed by atoms with Gasteiger partial charge in [-0.15, -0.1) is 23.2 Å². The summed E-state index contributed by atoms with van der Waals surface area (Å²) in [4.78, 5) is 29.0. The maximum atomic E-state index is 11.2. The molecule has 1 aromatic carbocycles. The van der Waals surface area contributed by atoms with Gasteiger partial charge in [-0.25, -0.2) is 15.0 Å². The second-order valence-corrected chi connectivity index (χ2v) is 9.58. The Labute approximate surface area is 215 Å². The highest BCUT2D eigenvalue weighted by Crippen LogP contribution is 2.23. The molecule has 0 atom stereocenters. The molecule has 1 amide bonds. The van der Waals surface area contributed by atoms with E-state index in [1.54, 1.807) is 0 Å². The Morgan fingerprint density at radius 2 is 1.86 bits per heavy atom. The van der Waals surface area contributed by atoms with Gasteiger partial charge in [0.05, 0.1) is 23.1 Å². The fourth-order valence-electron chi connectivity index (χ4n) is 4.50. The number of piperidine rings is 1. The summed E-state index contributed by atoms with van der Waals surface area (Å²) in [6.07, 6.45) is 5.09. The first kappa shape index (κ1) is 25.5. The number of primary amides is 1. The fourth-order valence-corrected chi connectivity index (χ4v) is 4.91. The van der Waals surface area contributed by atoms with Crippen molar-refractivity contribution in [1.29, 1.82) is 0 Å². The van der Waals surface area contributed by atoms with E-state index in [1.807, 2.05) is 0 Å². The van der Waals surface area contributed by atoms with Crippen LogP contribution in [0.5, 0.6) is 0 Å². The normalized spacial score (nSPS) is 14.5. The number of aryl methyl sites for hydroxylation is 1. The van der Waals surface area contributed by atoms with Crippen LogP contribution in [0.15, 0.2) is 30.6 Å². The molecule has 0 aliphatic carbocycles. The van der Waals surface area contributed by atoms with Crippen molar-refractivity contribution < 1.29 is 4.79 Å². The lowest BCUT2D eigenvalue weighted by Gasteiger charge is -2.32. The zero-order valence-electron chi connectivity index (χ0n) is 20.0. The SMILES string of the molecule is Cn1c(CNCC2CCN(c3ncc(C(N)=O)cn3)CC2)nc2cc(N(CCCl)CCCl)ccc21. The van der Waals surface area contributed by atoms with Crippen LogP contribution in [0.25, 0.3) is 11.0 Å². The molecule has 3 N–H and O–H groups in total. The minimum atomic E-state index is -0.512. The number of anilines is 2. The summed E-state index contributed by atoms with van der Waals surface area (Å²) in [6, 6.07) is 6.34. The number of carbonyl (C=O) groups is 1. The number of benzene rings is 1. The molecule has 1 fully saturated rings. The minimum absolute atomic E-state index is 0.328. The summed E-state index contributed by atoms with van der Waals surface area (Å²) in [5, 5.41) is 3.60. The van der Waals surface area contributed by atoms with Crippen molar-refractivity contribution in [2.75, 3.05) is 54.3 Å². The van der Waals surface area contributed by atoms with Crippen molar-refractivity contribution in [2.45, 2.75) is 19.4 Å². The molecular weight excluding hydrogens is 487 g/mol. The number of fused-ring (bicyclic) bond motifs is 1. The number of aromatic nitrogens is 4. The number of carbonyl (C=O) groups excluding carboxylic acids is 1. The molecule has 3 aromatic rings. The summed E-state index contributed by atoms with van der Waals surface area (Å²) < 4.78 is 2.15.